The topological polar surface area (TPSA) is 106 Å². The van der Waals surface area contributed by atoms with Crippen molar-refractivity contribution in [1.29, 1.82) is 0 Å². The van der Waals surface area contributed by atoms with Crippen molar-refractivity contribution in [2.75, 3.05) is 0 Å². The summed E-state index contributed by atoms with van der Waals surface area (Å²) in [7, 11) is -7.92. The van der Waals surface area contributed by atoms with Crippen LogP contribution in [0.15, 0.2) is 98.5 Å². The average molecular weight is 467 g/mol. The molecule has 2 aromatic carbocycles. The molecule has 0 radical (unpaired) electrons. The summed E-state index contributed by atoms with van der Waals surface area (Å²) in [5.74, 6) is 0. The lowest BCUT2D eigenvalue weighted by molar-refractivity contribution is 0.587. The van der Waals surface area contributed by atoms with Gasteiger partial charge in [0.1, 0.15) is 4.90 Å². The molecule has 0 bridgehead atoms. The van der Waals surface area contributed by atoms with E-state index < -0.39 is 25.4 Å². The SMILES string of the molecule is O=c1[nH]c2c(cc1S(=O)(=O)c1ccccc1)CCc1ccn(S(=O)(=O)c3ccccc3)c1-2. The normalized spacial score (nSPS) is 13.4. The van der Waals surface area contributed by atoms with Gasteiger partial charge in [-0.05, 0) is 60.4 Å². The molecule has 0 aliphatic heterocycles. The van der Waals surface area contributed by atoms with Crippen LogP contribution in [0, 0.1) is 0 Å². The molecule has 2 heterocycles. The van der Waals surface area contributed by atoms with Crippen molar-refractivity contribution in [2.45, 2.75) is 27.5 Å². The number of fused-ring (bicyclic) bond motifs is 3. The number of H-pyrrole nitrogens is 1. The summed E-state index contributed by atoms with van der Waals surface area (Å²) in [5.41, 5.74) is 1.25. The van der Waals surface area contributed by atoms with E-state index in [1.165, 1.54) is 36.5 Å². The van der Waals surface area contributed by atoms with Crippen LogP contribution in [0.1, 0.15) is 11.1 Å². The first kappa shape index (κ1) is 20.5. The van der Waals surface area contributed by atoms with E-state index in [9.17, 15) is 21.6 Å². The maximum absolute atomic E-state index is 13.2. The maximum atomic E-state index is 13.2. The highest BCUT2D eigenvalue weighted by Crippen LogP contribution is 2.35. The zero-order valence-electron chi connectivity index (χ0n) is 16.7. The zero-order chi connectivity index (χ0) is 22.5. The van der Waals surface area contributed by atoms with E-state index in [0.29, 0.717) is 29.8 Å². The van der Waals surface area contributed by atoms with Crippen molar-refractivity contribution in [1.82, 2.24) is 8.96 Å². The first-order valence-electron chi connectivity index (χ1n) is 9.88. The molecule has 1 aliphatic rings. The number of hydrogen-bond acceptors (Lipinski definition) is 5. The van der Waals surface area contributed by atoms with Gasteiger partial charge < -0.3 is 4.98 Å². The highest BCUT2D eigenvalue weighted by Gasteiger charge is 2.30. The number of nitrogens with zero attached hydrogens (tertiary/aromatic N) is 1. The third-order valence-electron chi connectivity index (χ3n) is 5.57. The molecule has 32 heavy (non-hydrogen) atoms. The minimum atomic E-state index is -4.02. The van der Waals surface area contributed by atoms with E-state index in [4.69, 9.17) is 0 Å². The lowest BCUT2D eigenvalue weighted by Crippen LogP contribution is -2.23. The van der Waals surface area contributed by atoms with Gasteiger partial charge in [-0.2, -0.15) is 0 Å². The number of sulfone groups is 1. The van der Waals surface area contributed by atoms with Crippen molar-refractivity contribution >= 4 is 19.9 Å². The van der Waals surface area contributed by atoms with Crippen LogP contribution in [-0.4, -0.2) is 25.8 Å². The van der Waals surface area contributed by atoms with Gasteiger partial charge in [-0.3, -0.25) is 4.79 Å². The van der Waals surface area contributed by atoms with E-state index in [0.717, 1.165) is 9.54 Å². The van der Waals surface area contributed by atoms with Crippen molar-refractivity contribution in [3.05, 3.63) is 100 Å². The van der Waals surface area contributed by atoms with Gasteiger partial charge in [-0.25, -0.2) is 20.8 Å². The summed E-state index contributed by atoms with van der Waals surface area (Å²) < 4.78 is 53.7. The fourth-order valence-electron chi connectivity index (χ4n) is 3.99. The quantitative estimate of drug-likeness (QED) is 0.498. The lowest BCUT2D eigenvalue weighted by atomic mass is 9.94. The van der Waals surface area contributed by atoms with Gasteiger partial charge >= 0.3 is 0 Å². The predicted octanol–water partition coefficient (Wildman–Crippen LogP) is 3.01. The molecule has 7 nitrogen and oxygen atoms in total. The van der Waals surface area contributed by atoms with Gasteiger partial charge in [-0.15, -0.1) is 0 Å². The fourth-order valence-corrected chi connectivity index (χ4v) is 6.75. The van der Waals surface area contributed by atoms with E-state index in [1.807, 2.05) is 0 Å². The van der Waals surface area contributed by atoms with Crippen LogP contribution in [0.5, 0.6) is 0 Å². The first-order valence-corrected chi connectivity index (χ1v) is 12.8. The molecule has 5 rings (SSSR count). The molecule has 0 unspecified atom stereocenters. The Bertz CT molecular complexity index is 1600. The van der Waals surface area contributed by atoms with Gasteiger partial charge in [0.2, 0.25) is 9.84 Å². The molecule has 0 amide bonds. The van der Waals surface area contributed by atoms with Crippen LogP contribution >= 0.6 is 0 Å². The van der Waals surface area contributed by atoms with Crippen LogP contribution in [0.4, 0.5) is 0 Å². The van der Waals surface area contributed by atoms with Crippen molar-refractivity contribution < 1.29 is 16.8 Å². The average Bonchev–Trinajstić information content (AvgIpc) is 3.25. The van der Waals surface area contributed by atoms with Crippen LogP contribution < -0.4 is 5.56 Å². The maximum Gasteiger partial charge on any atom is 0.268 e. The van der Waals surface area contributed by atoms with Crippen LogP contribution in [0.2, 0.25) is 0 Å². The van der Waals surface area contributed by atoms with Gasteiger partial charge in [0.25, 0.3) is 15.6 Å². The molecule has 1 aliphatic carbocycles. The Labute approximate surface area is 185 Å². The summed E-state index contributed by atoms with van der Waals surface area (Å²) in [4.78, 5) is 15.3. The fraction of sp³-hybridized carbons (Fsp3) is 0.0870. The number of nitrogens with one attached hydrogen (secondary N) is 1. The summed E-state index contributed by atoms with van der Waals surface area (Å²) in [5, 5.41) is 0. The predicted molar refractivity (Wildman–Crippen MR) is 119 cm³/mol. The molecule has 2 aromatic heterocycles. The van der Waals surface area contributed by atoms with Crippen LogP contribution in [0.3, 0.4) is 0 Å². The molecule has 162 valence electrons. The Balaban J connectivity index is 1.69. The van der Waals surface area contributed by atoms with Crippen LogP contribution in [-0.2, 0) is 32.7 Å². The van der Waals surface area contributed by atoms with Crippen molar-refractivity contribution in [2.24, 2.45) is 0 Å². The number of aromatic amines is 1. The molecule has 0 spiro atoms. The van der Waals surface area contributed by atoms with Gasteiger partial charge in [0.05, 0.1) is 21.2 Å². The monoisotopic (exact) mass is 466 g/mol. The molecular formula is C23H18N2O5S2. The highest BCUT2D eigenvalue weighted by atomic mass is 32.2. The largest absolute Gasteiger partial charge is 0.319 e. The molecule has 4 aromatic rings. The van der Waals surface area contributed by atoms with E-state index >= 15 is 0 Å². The van der Waals surface area contributed by atoms with Gasteiger partial charge in [-0.1, -0.05) is 36.4 Å². The van der Waals surface area contributed by atoms with Gasteiger partial charge in [0.15, 0.2) is 0 Å². The Kier molecular flexibility index (Phi) is 4.68. The number of rotatable bonds is 4. The van der Waals surface area contributed by atoms with Gasteiger partial charge in [0, 0.05) is 6.20 Å². The second kappa shape index (κ2) is 7.32. The highest BCUT2D eigenvalue weighted by molar-refractivity contribution is 7.91. The summed E-state index contributed by atoms with van der Waals surface area (Å²) >= 11 is 0. The van der Waals surface area contributed by atoms with Crippen molar-refractivity contribution in [3.8, 4) is 11.4 Å². The molecule has 0 saturated carbocycles. The number of aromatic nitrogens is 2. The third-order valence-corrected chi connectivity index (χ3v) is 9.03. The minimum absolute atomic E-state index is 0.0250. The standard InChI is InChI=1S/C23H18N2O5S2/c26-23-20(31(27,28)18-7-3-1-4-8-18)15-17-12-11-16-13-14-25(22(16)21(17)24-23)32(29,30)19-9-5-2-6-10-19/h1-10,13-15H,11-12H2,(H,24,26). The first-order chi connectivity index (χ1) is 15.3. The van der Waals surface area contributed by atoms with Crippen LogP contribution in [0.25, 0.3) is 11.4 Å². The second-order valence-corrected chi connectivity index (χ2v) is 11.2. The minimum Gasteiger partial charge on any atom is -0.319 e. The lowest BCUT2D eigenvalue weighted by Gasteiger charge is -2.20. The summed E-state index contributed by atoms with van der Waals surface area (Å²) in [6.07, 6.45) is 2.47. The number of aryl methyl sites for hydroxylation is 2. The Morgan fingerprint density at radius 2 is 1.34 bits per heavy atom. The smallest absolute Gasteiger partial charge is 0.268 e. The van der Waals surface area contributed by atoms with Crippen molar-refractivity contribution in [3.63, 3.8) is 0 Å². The molecule has 0 atom stereocenters. The van der Waals surface area contributed by atoms with E-state index in [2.05, 4.69) is 4.98 Å². The number of pyridine rings is 1. The molecule has 0 fully saturated rings. The third kappa shape index (κ3) is 3.12. The van der Waals surface area contributed by atoms with E-state index in [-0.39, 0.29) is 14.7 Å². The molecule has 1 N–H and O–H groups in total. The molecule has 0 saturated heterocycles. The summed E-state index contributed by atoms with van der Waals surface area (Å²) in [6, 6.07) is 18.8. The zero-order valence-corrected chi connectivity index (χ0v) is 18.4. The Morgan fingerprint density at radius 3 is 2.00 bits per heavy atom. The number of hydrogen-bond donors (Lipinski definition) is 1. The second-order valence-electron chi connectivity index (χ2n) is 7.48. The van der Waals surface area contributed by atoms with E-state index in [1.54, 1.807) is 42.5 Å². The Hall–Kier alpha value is -3.43. The molecule has 9 heteroatoms. The Morgan fingerprint density at radius 1 is 0.750 bits per heavy atom. The summed E-state index contributed by atoms with van der Waals surface area (Å²) in [6.45, 7) is 0. The molecular weight excluding hydrogens is 448 g/mol. The number of benzene rings is 2.